The Kier molecular flexibility index (Phi) is 7.31. The predicted octanol–water partition coefficient (Wildman–Crippen LogP) is 3.76. The molecule has 1 heterocycles. The van der Waals surface area contributed by atoms with Crippen LogP contribution in [0.1, 0.15) is 37.3 Å². The molecule has 28 heavy (non-hydrogen) atoms. The van der Waals surface area contributed by atoms with Gasteiger partial charge in [0, 0.05) is 13.1 Å². The van der Waals surface area contributed by atoms with Crippen LogP contribution in [0.2, 0.25) is 0 Å². The minimum atomic E-state index is -0.552. The summed E-state index contributed by atoms with van der Waals surface area (Å²) in [7, 11) is 1.60. The second-order valence-electron chi connectivity index (χ2n) is 7.19. The molecule has 1 aliphatic heterocycles. The molecule has 5 nitrogen and oxygen atoms in total. The fourth-order valence-corrected chi connectivity index (χ4v) is 3.53. The Balaban J connectivity index is 1.56. The summed E-state index contributed by atoms with van der Waals surface area (Å²) in [6, 6.07) is 15.8. The van der Waals surface area contributed by atoms with E-state index in [-0.39, 0.29) is 5.91 Å². The van der Waals surface area contributed by atoms with Gasteiger partial charge < -0.3 is 14.8 Å². The molecule has 0 saturated carbocycles. The van der Waals surface area contributed by atoms with Gasteiger partial charge in [-0.2, -0.15) is 0 Å². The predicted molar refractivity (Wildman–Crippen MR) is 111 cm³/mol. The Morgan fingerprint density at radius 3 is 2.50 bits per heavy atom. The van der Waals surface area contributed by atoms with Crippen LogP contribution in [0.25, 0.3) is 0 Å². The number of nitrogens with zero attached hydrogens (tertiary/aromatic N) is 1. The minimum Gasteiger partial charge on any atom is -0.493 e. The monoisotopic (exact) mass is 382 g/mol. The molecule has 3 rings (SSSR count). The molecule has 1 aliphatic rings. The largest absolute Gasteiger partial charge is 0.493 e. The third-order valence-corrected chi connectivity index (χ3v) is 5.06. The van der Waals surface area contributed by atoms with Crippen molar-refractivity contribution in [2.24, 2.45) is 0 Å². The summed E-state index contributed by atoms with van der Waals surface area (Å²) in [5.41, 5.74) is 2.41. The molecule has 5 heteroatoms. The lowest BCUT2D eigenvalue weighted by Crippen LogP contribution is -2.37. The number of rotatable bonds is 9. The summed E-state index contributed by atoms with van der Waals surface area (Å²) < 4.78 is 11.2. The van der Waals surface area contributed by atoms with Gasteiger partial charge in [0.1, 0.15) is 0 Å². The quantitative estimate of drug-likeness (QED) is 0.717. The Hall–Kier alpha value is -2.53. The second kappa shape index (κ2) is 10.1. The highest BCUT2D eigenvalue weighted by Gasteiger charge is 2.20. The molecule has 2 aromatic rings. The van der Waals surface area contributed by atoms with E-state index >= 15 is 0 Å². The van der Waals surface area contributed by atoms with Gasteiger partial charge in [0.05, 0.1) is 7.11 Å². The zero-order valence-corrected chi connectivity index (χ0v) is 16.8. The number of benzene rings is 2. The third kappa shape index (κ3) is 5.49. The number of para-hydroxylation sites is 2. The number of methoxy groups -OCH3 is 1. The number of hydrogen-bond donors (Lipinski definition) is 1. The Labute approximate surface area is 167 Å². The lowest BCUT2D eigenvalue weighted by molar-refractivity contribution is -0.128. The van der Waals surface area contributed by atoms with E-state index in [0.717, 1.165) is 12.1 Å². The molecule has 1 N–H and O–H groups in total. The van der Waals surface area contributed by atoms with Gasteiger partial charge in [-0.3, -0.25) is 9.69 Å². The van der Waals surface area contributed by atoms with Gasteiger partial charge >= 0.3 is 0 Å². The van der Waals surface area contributed by atoms with E-state index in [1.807, 2.05) is 31.2 Å². The number of likely N-dealkylation sites (tertiary alicyclic amines) is 1. The molecule has 1 amide bonds. The van der Waals surface area contributed by atoms with Crippen LogP contribution in [0.5, 0.6) is 11.5 Å². The molecule has 1 saturated heterocycles. The van der Waals surface area contributed by atoms with Crippen LogP contribution < -0.4 is 14.8 Å². The lowest BCUT2D eigenvalue weighted by atomic mass is 10.1. The van der Waals surface area contributed by atoms with Crippen LogP contribution >= 0.6 is 0 Å². The Morgan fingerprint density at radius 2 is 1.79 bits per heavy atom. The Morgan fingerprint density at radius 1 is 1.07 bits per heavy atom. The van der Waals surface area contributed by atoms with Crippen molar-refractivity contribution in [2.45, 2.75) is 45.4 Å². The van der Waals surface area contributed by atoms with E-state index < -0.39 is 6.10 Å². The van der Waals surface area contributed by atoms with Crippen molar-refractivity contribution >= 4 is 5.91 Å². The minimum absolute atomic E-state index is 0.113. The Bertz CT molecular complexity index is 772. The van der Waals surface area contributed by atoms with Crippen molar-refractivity contribution in [1.82, 2.24) is 10.2 Å². The summed E-state index contributed by atoms with van der Waals surface area (Å²) in [5, 5.41) is 3.01. The molecule has 1 unspecified atom stereocenters. The first-order valence-corrected chi connectivity index (χ1v) is 10.1. The maximum absolute atomic E-state index is 12.6. The highest BCUT2D eigenvalue weighted by Crippen LogP contribution is 2.27. The summed E-state index contributed by atoms with van der Waals surface area (Å²) >= 11 is 0. The molecular weight excluding hydrogens is 352 g/mol. The van der Waals surface area contributed by atoms with Crippen LogP contribution in [-0.4, -0.2) is 37.1 Å². The summed E-state index contributed by atoms with van der Waals surface area (Å²) in [6.07, 6.45) is 2.61. The molecule has 0 aliphatic carbocycles. The second-order valence-corrected chi connectivity index (χ2v) is 7.19. The van der Waals surface area contributed by atoms with E-state index in [1.54, 1.807) is 7.11 Å². The highest BCUT2D eigenvalue weighted by atomic mass is 16.5. The van der Waals surface area contributed by atoms with Gasteiger partial charge in [-0.15, -0.1) is 0 Å². The summed E-state index contributed by atoms with van der Waals surface area (Å²) in [4.78, 5) is 15.1. The average molecular weight is 383 g/mol. The van der Waals surface area contributed by atoms with Crippen molar-refractivity contribution in [1.29, 1.82) is 0 Å². The SMILES string of the molecule is CCC(Oc1ccccc1OC)C(=O)NCc1cccc(CN2CCCC2)c1. The fourth-order valence-electron chi connectivity index (χ4n) is 3.53. The maximum atomic E-state index is 12.6. The maximum Gasteiger partial charge on any atom is 0.261 e. The molecule has 150 valence electrons. The molecule has 0 bridgehead atoms. The molecule has 2 aromatic carbocycles. The molecular formula is C23H30N2O3. The average Bonchev–Trinajstić information content (AvgIpc) is 3.23. The van der Waals surface area contributed by atoms with Crippen LogP contribution in [0.4, 0.5) is 0 Å². The normalized spacial score (nSPS) is 15.2. The van der Waals surface area contributed by atoms with Gasteiger partial charge in [-0.05, 0) is 55.6 Å². The van der Waals surface area contributed by atoms with Crippen molar-refractivity contribution in [2.75, 3.05) is 20.2 Å². The standard InChI is InChI=1S/C23H30N2O3/c1-3-20(28-22-12-5-4-11-21(22)27-2)23(26)24-16-18-9-8-10-19(15-18)17-25-13-6-7-14-25/h4-5,8-12,15,20H,3,6-7,13-14,16-17H2,1-2H3,(H,24,26). The first-order valence-electron chi connectivity index (χ1n) is 10.1. The molecule has 1 fully saturated rings. The van der Waals surface area contributed by atoms with E-state index in [1.165, 1.54) is 31.5 Å². The topological polar surface area (TPSA) is 50.8 Å². The molecule has 0 aromatic heterocycles. The number of nitrogens with one attached hydrogen (secondary N) is 1. The zero-order valence-electron chi connectivity index (χ0n) is 16.8. The van der Waals surface area contributed by atoms with Gasteiger partial charge in [0.2, 0.25) is 0 Å². The number of carbonyl (C=O) groups is 1. The number of hydrogen-bond acceptors (Lipinski definition) is 4. The summed E-state index contributed by atoms with van der Waals surface area (Å²) in [5.74, 6) is 1.10. The van der Waals surface area contributed by atoms with Crippen molar-refractivity contribution in [3.05, 3.63) is 59.7 Å². The van der Waals surface area contributed by atoms with Gasteiger partial charge in [0.25, 0.3) is 5.91 Å². The van der Waals surface area contributed by atoms with Crippen molar-refractivity contribution in [3.8, 4) is 11.5 Å². The number of ether oxygens (including phenoxy) is 2. The molecule has 0 radical (unpaired) electrons. The van der Waals surface area contributed by atoms with Crippen LogP contribution in [-0.2, 0) is 17.9 Å². The first kappa shape index (κ1) is 20.2. The van der Waals surface area contributed by atoms with Crippen LogP contribution in [0, 0.1) is 0 Å². The zero-order chi connectivity index (χ0) is 19.8. The van der Waals surface area contributed by atoms with Crippen molar-refractivity contribution < 1.29 is 14.3 Å². The fraction of sp³-hybridized carbons (Fsp3) is 0.435. The number of carbonyl (C=O) groups excluding carboxylic acids is 1. The van der Waals surface area contributed by atoms with Gasteiger partial charge in [-0.25, -0.2) is 0 Å². The smallest absolute Gasteiger partial charge is 0.261 e. The lowest BCUT2D eigenvalue weighted by Gasteiger charge is -2.19. The van der Waals surface area contributed by atoms with E-state index in [4.69, 9.17) is 9.47 Å². The van der Waals surface area contributed by atoms with E-state index in [2.05, 4.69) is 34.5 Å². The van der Waals surface area contributed by atoms with Crippen LogP contribution in [0.15, 0.2) is 48.5 Å². The molecule has 0 spiro atoms. The highest BCUT2D eigenvalue weighted by molar-refractivity contribution is 5.81. The van der Waals surface area contributed by atoms with E-state index in [0.29, 0.717) is 24.5 Å². The molecule has 1 atom stereocenters. The van der Waals surface area contributed by atoms with Gasteiger partial charge in [0.15, 0.2) is 17.6 Å². The van der Waals surface area contributed by atoms with Crippen molar-refractivity contribution in [3.63, 3.8) is 0 Å². The van der Waals surface area contributed by atoms with E-state index in [9.17, 15) is 4.79 Å². The van der Waals surface area contributed by atoms with Crippen LogP contribution in [0.3, 0.4) is 0 Å². The third-order valence-electron chi connectivity index (χ3n) is 5.06. The summed E-state index contributed by atoms with van der Waals surface area (Å²) in [6.45, 7) is 5.78. The van der Waals surface area contributed by atoms with Gasteiger partial charge in [-0.1, -0.05) is 43.3 Å². The number of amides is 1. The first-order chi connectivity index (χ1) is 13.7.